The molecular formula is C97H136F3N27O7S. The number of benzene rings is 5. The largest absolute Gasteiger partial charge is 0.494 e. The minimum Gasteiger partial charge on any atom is -0.494 e. The number of nitrogens with one attached hydrogen (secondary N) is 8. The van der Waals surface area contributed by atoms with Gasteiger partial charge in [-0.2, -0.15) is 49.8 Å². The molecule has 17 rings (SSSR count). The average Bonchev–Trinajstić information content (AvgIpc) is 1.78. The van der Waals surface area contributed by atoms with Gasteiger partial charge in [-0.25, -0.2) is 26.6 Å². The molecule has 8 aliphatic rings. The van der Waals surface area contributed by atoms with E-state index in [1.54, 1.807) is 60.7 Å². The zero-order valence-electron chi connectivity index (χ0n) is 79.4. The number of aliphatic hydroxyl groups is 1. The lowest BCUT2D eigenvalue weighted by Gasteiger charge is -2.35. The van der Waals surface area contributed by atoms with Crippen molar-refractivity contribution >= 4 is 104 Å². The van der Waals surface area contributed by atoms with Gasteiger partial charge in [-0.15, -0.1) is 0 Å². The molecule has 38 heteroatoms. The number of aromatic nitrogens is 11. The van der Waals surface area contributed by atoms with Crippen molar-refractivity contribution in [3.63, 3.8) is 0 Å². The molecular weight excluding hydrogens is 1740 g/mol. The SMILES string of the molecule is CCN1CCCC1CNc1nc(NCC2CCCCC2)nc(Nc2ccc(OC)c(F)c2)n1.CCN1CCCC1CNc1nc(Nc2ccc(OC)c(F)c2)nc(N2CCN(CC(=O)N3CCCC3)CC2)n1.COc1ccc(Nc2nc(NC3CCCCCC3)nc(N(C)C3CCN(C)CC3)n2)cc1F.CS(=O)(=O)c1ccc(Nc2nc(-c3ccccc3)cc(N3CCC(O)CC3)n2)cc1. The highest BCUT2D eigenvalue weighted by molar-refractivity contribution is 7.90. The highest BCUT2D eigenvalue weighted by Gasteiger charge is 2.31. The molecule has 10 heterocycles. The van der Waals surface area contributed by atoms with Gasteiger partial charge in [-0.3, -0.25) is 19.5 Å². The van der Waals surface area contributed by atoms with Crippen LogP contribution >= 0.6 is 0 Å². The molecule has 1 amide bonds. The predicted octanol–water partition coefficient (Wildman–Crippen LogP) is 14.7. The summed E-state index contributed by atoms with van der Waals surface area (Å²) in [6.45, 7) is 19.8. The zero-order chi connectivity index (χ0) is 94.6. The van der Waals surface area contributed by atoms with Gasteiger partial charge in [0.15, 0.2) is 44.5 Å². The maximum atomic E-state index is 14.3. The molecule has 9 aromatic rings. The Labute approximate surface area is 792 Å². The number of nitrogens with zero attached hydrogens (tertiary/aromatic N) is 19. The lowest BCUT2D eigenvalue weighted by molar-refractivity contribution is -0.131. The summed E-state index contributed by atoms with van der Waals surface area (Å²) in [7, 11) is 5.30. The van der Waals surface area contributed by atoms with Crippen LogP contribution in [0.4, 0.5) is 101 Å². The molecule has 2 saturated carbocycles. The first-order valence-corrected chi connectivity index (χ1v) is 50.1. The van der Waals surface area contributed by atoms with Crippen LogP contribution in [0, 0.1) is 23.4 Å². The fraction of sp³-hybridized carbons (Fsp3) is 0.546. The van der Waals surface area contributed by atoms with Gasteiger partial charge in [-0.1, -0.05) is 89.1 Å². The number of piperidine rings is 2. The topological polar surface area (TPSA) is 363 Å². The number of carbonyl (C=O) groups is 1. The summed E-state index contributed by atoms with van der Waals surface area (Å²) in [6.07, 6.45) is 25.1. The number of amides is 1. The molecule has 728 valence electrons. The van der Waals surface area contributed by atoms with E-state index in [9.17, 15) is 31.5 Å². The Kier molecular flexibility index (Phi) is 36.3. The molecule has 0 radical (unpaired) electrons. The summed E-state index contributed by atoms with van der Waals surface area (Å²) in [5, 5.41) is 36.2. The van der Waals surface area contributed by atoms with E-state index in [0.717, 1.165) is 160 Å². The lowest BCUT2D eigenvalue weighted by atomic mass is 9.89. The molecule has 0 bridgehead atoms. The summed E-state index contributed by atoms with van der Waals surface area (Å²) >= 11 is 0. The summed E-state index contributed by atoms with van der Waals surface area (Å²) in [4.78, 5) is 82.0. The highest BCUT2D eigenvalue weighted by atomic mass is 32.2. The minimum atomic E-state index is -3.25. The van der Waals surface area contributed by atoms with E-state index in [4.69, 9.17) is 29.2 Å². The number of piperazine rings is 1. The fourth-order valence-corrected chi connectivity index (χ4v) is 19.2. The number of carbonyl (C=O) groups excluding carboxylic acids is 1. The molecule has 2 atom stereocenters. The Balaban J connectivity index is 0.000000145. The number of hydrogen-bond donors (Lipinski definition) is 9. The van der Waals surface area contributed by atoms with E-state index in [0.29, 0.717) is 145 Å². The summed E-state index contributed by atoms with van der Waals surface area (Å²) in [6, 6.07) is 34.1. The van der Waals surface area contributed by atoms with E-state index in [2.05, 4.69) is 145 Å². The zero-order valence-corrected chi connectivity index (χ0v) is 80.3. The van der Waals surface area contributed by atoms with Gasteiger partial charge in [-0.05, 0) is 203 Å². The molecule has 34 nitrogen and oxygen atoms in total. The molecule has 135 heavy (non-hydrogen) atoms. The van der Waals surface area contributed by atoms with Crippen LogP contribution in [-0.2, 0) is 14.6 Å². The molecule has 2 unspecified atom stereocenters. The molecule has 6 saturated heterocycles. The molecule has 2 aliphatic carbocycles. The van der Waals surface area contributed by atoms with E-state index >= 15 is 0 Å². The van der Waals surface area contributed by atoms with Crippen LogP contribution in [0.15, 0.2) is 120 Å². The van der Waals surface area contributed by atoms with Crippen LogP contribution in [0.25, 0.3) is 11.3 Å². The molecule has 9 N–H and O–H groups in total. The van der Waals surface area contributed by atoms with Crippen molar-refractivity contribution in [1.29, 1.82) is 0 Å². The third kappa shape index (κ3) is 29.2. The van der Waals surface area contributed by atoms with Gasteiger partial charge in [0, 0.05) is 162 Å². The van der Waals surface area contributed by atoms with Gasteiger partial charge in [0.25, 0.3) is 0 Å². The van der Waals surface area contributed by atoms with Crippen LogP contribution in [0.5, 0.6) is 17.2 Å². The van der Waals surface area contributed by atoms with Gasteiger partial charge in [0.2, 0.25) is 65.4 Å². The number of hydrogen-bond acceptors (Lipinski definition) is 33. The first-order valence-electron chi connectivity index (χ1n) is 48.2. The Morgan fingerprint density at radius 1 is 0.459 bits per heavy atom. The Hall–Kier alpha value is -11.6. The lowest BCUT2D eigenvalue weighted by Crippen LogP contribution is -2.50. The van der Waals surface area contributed by atoms with Gasteiger partial charge in [0.05, 0.1) is 44.6 Å². The molecule has 0 spiro atoms. The van der Waals surface area contributed by atoms with Crippen molar-refractivity contribution in [3.8, 4) is 28.5 Å². The van der Waals surface area contributed by atoms with E-state index in [1.165, 1.54) is 123 Å². The van der Waals surface area contributed by atoms with Crippen LogP contribution in [0.3, 0.4) is 0 Å². The highest BCUT2D eigenvalue weighted by Crippen LogP contribution is 2.34. The normalized spacial score (nSPS) is 18.6. The number of halogens is 3. The number of anilines is 15. The number of methoxy groups -OCH3 is 3. The number of sulfone groups is 1. The van der Waals surface area contributed by atoms with Crippen molar-refractivity contribution in [2.24, 2.45) is 5.92 Å². The number of aliphatic hydroxyl groups excluding tert-OH is 1. The Morgan fingerprint density at radius 3 is 1.46 bits per heavy atom. The van der Waals surface area contributed by atoms with E-state index in [1.807, 2.05) is 41.3 Å². The van der Waals surface area contributed by atoms with Crippen molar-refractivity contribution in [1.82, 2.24) is 79.3 Å². The summed E-state index contributed by atoms with van der Waals surface area (Å²) < 4.78 is 81.1. The number of rotatable bonds is 32. The quantitative estimate of drug-likeness (QED) is 0.0177. The minimum absolute atomic E-state index is 0.178. The van der Waals surface area contributed by atoms with E-state index in [-0.39, 0.29) is 34.2 Å². The van der Waals surface area contributed by atoms with Crippen molar-refractivity contribution in [3.05, 3.63) is 133 Å². The summed E-state index contributed by atoms with van der Waals surface area (Å²) in [5.41, 5.74) is 4.11. The van der Waals surface area contributed by atoms with Crippen molar-refractivity contribution < 1.29 is 45.7 Å². The van der Waals surface area contributed by atoms with Gasteiger partial charge in [0.1, 0.15) is 5.82 Å². The van der Waals surface area contributed by atoms with Crippen LogP contribution in [0.2, 0.25) is 0 Å². The van der Waals surface area contributed by atoms with Crippen LogP contribution < -0.4 is 71.4 Å². The molecule has 8 fully saturated rings. The third-order valence-corrected chi connectivity index (χ3v) is 27.6. The van der Waals surface area contributed by atoms with Crippen molar-refractivity contribution in [2.75, 3.05) is 217 Å². The number of likely N-dealkylation sites (tertiary alicyclic amines) is 4. The Bertz CT molecular complexity index is 5360. The fourth-order valence-electron chi connectivity index (χ4n) is 18.6. The number of likely N-dealkylation sites (N-methyl/N-ethyl adjacent to an activating group) is 2. The second-order valence-corrected chi connectivity index (χ2v) is 38.1. The second-order valence-electron chi connectivity index (χ2n) is 36.1. The first kappa shape index (κ1) is 99.4. The standard InChI is InChI=1S/C27H40FN9O2.2C24H36FN7O.C22H24N4O3S/c1-3-35-12-6-7-21(35)18-29-25-31-26(30-20-8-9-23(39-2)22(28)17-20)33-27(32-25)37-15-13-34(14-16-37)19-24(38)36-10-4-5-11-36;1-31-14-12-19(13-15-31)32(2)24-29-22(26-17-8-6-4-5-7-9-17)28-23(30-24)27-18-10-11-21(33-3)20(25)16-18;1-3-32-13-7-10-19(32)16-27-23-29-22(26-15-17-8-5-4-6-9-17)30-24(31-23)28-18-11-12-21(33-2)20(25)14-18;1-30(28,29)19-9-7-17(8-10-19)23-22-24-20(16-5-3-2-4-6-16)15-21(25-22)26-13-11-18(27)12-14-26/h8-9,17,21H,3-7,10-16,18-19H2,1-2H3,(H2,29,30,31,32,33);10-11,16-17,19H,4-9,12-15H2,1-3H3,(H2,26,27,28,29,30);11-12,14,17,19H,3-10,13,15-16H2,1-2H3,(H3,26,27,28,29,30,31);2-10,15,18,27H,11-14H2,1H3,(H,23,24,25). The van der Waals surface area contributed by atoms with Gasteiger partial charge < -0.3 is 86.4 Å². The Morgan fingerprint density at radius 2 is 0.926 bits per heavy atom. The first-order chi connectivity index (χ1) is 65.5. The molecule has 4 aromatic heterocycles. The maximum absolute atomic E-state index is 14.3. The smallest absolute Gasteiger partial charge is 0.236 e. The number of ether oxygens (including phenoxy) is 3. The monoisotopic (exact) mass is 1880 g/mol. The third-order valence-electron chi connectivity index (χ3n) is 26.5. The van der Waals surface area contributed by atoms with Crippen molar-refractivity contribution in [2.45, 2.75) is 184 Å². The predicted molar refractivity (Wildman–Crippen MR) is 527 cm³/mol. The van der Waals surface area contributed by atoms with Crippen LogP contribution in [0.1, 0.15) is 149 Å². The average molecular weight is 1880 g/mol. The van der Waals surface area contributed by atoms with Crippen LogP contribution in [-0.4, -0.2) is 289 Å². The second kappa shape index (κ2) is 49.3. The summed E-state index contributed by atoms with van der Waals surface area (Å²) in [5.74, 6) is 5.79. The van der Waals surface area contributed by atoms with E-state index < -0.39 is 27.3 Å². The molecule has 5 aromatic carbocycles. The van der Waals surface area contributed by atoms with Gasteiger partial charge >= 0.3 is 0 Å². The maximum Gasteiger partial charge on any atom is 0.236 e. The molecule has 6 aliphatic heterocycles.